The number of nitrogens with one attached hydrogen (secondary N) is 1. The molecule has 1 aromatic heterocycles. The predicted octanol–water partition coefficient (Wildman–Crippen LogP) is 2.98. The van der Waals surface area contributed by atoms with E-state index in [4.69, 9.17) is 0 Å². The zero-order valence-electron chi connectivity index (χ0n) is 10.2. The molecule has 94 valence electrons. The van der Waals surface area contributed by atoms with Gasteiger partial charge >= 0.3 is 0 Å². The molecule has 0 saturated heterocycles. The summed E-state index contributed by atoms with van der Waals surface area (Å²) in [7, 11) is 1.73. The van der Waals surface area contributed by atoms with Crippen LogP contribution in [0, 0.1) is 18.6 Å². The lowest BCUT2D eigenvalue weighted by Crippen LogP contribution is -2.19. The molecule has 0 fully saturated rings. The second-order valence-corrected chi connectivity index (χ2v) is 4.18. The van der Waals surface area contributed by atoms with Gasteiger partial charge in [-0.05, 0) is 49.4 Å². The second-order valence-electron chi connectivity index (χ2n) is 4.18. The SMILES string of the molecule is CNC(c1cc(F)cc(F)c1)c1cc(C)ccn1. The van der Waals surface area contributed by atoms with Gasteiger partial charge in [0.25, 0.3) is 0 Å². The van der Waals surface area contributed by atoms with Crippen LogP contribution in [0.5, 0.6) is 0 Å². The predicted molar refractivity (Wildman–Crippen MR) is 66.2 cm³/mol. The summed E-state index contributed by atoms with van der Waals surface area (Å²) < 4.78 is 26.5. The first kappa shape index (κ1) is 12.6. The first-order valence-corrected chi connectivity index (χ1v) is 5.66. The molecule has 0 aliphatic heterocycles. The number of hydrogen-bond acceptors (Lipinski definition) is 2. The maximum atomic E-state index is 13.2. The van der Waals surface area contributed by atoms with Crippen molar-refractivity contribution < 1.29 is 8.78 Å². The summed E-state index contributed by atoms with van der Waals surface area (Å²) in [4.78, 5) is 4.24. The lowest BCUT2D eigenvalue weighted by atomic mass is 10.0. The highest BCUT2D eigenvalue weighted by molar-refractivity contribution is 5.30. The number of hydrogen-bond donors (Lipinski definition) is 1. The first-order chi connectivity index (χ1) is 8.60. The van der Waals surface area contributed by atoms with Gasteiger partial charge in [-0.15, -0.1) is 0 Å². The van der Waals surface area contributed by atoms with Crippen LogP contribution in [-0.4, -0.2) is 12.0 Å². The van der Waals surface area contributed by atoms with Crippen LogP contribution in [0.15, 0.2) is 36.5 Å². The minimum absolute atomic E-state index is 0.324. The number of nitrogens with zero attached hydrogens (tertiary/aromatic N) is 1. The molecule has 0 saturated carbocycles. The van der Waals surface area contributed by atoms with Crippen LogP contribution >= 0.6 is 0 Å². The highest BCUT2D eigenvalue weighted by Crippen LogP contribution is 2.22. The number of aromatic nitrogens is 1. The molecule has 18 heavy (non-hydrogen) atoms. The van der Waals surface area contributed by atoms with E-state index in [1.165, 1.54) is 12.1 Å². The van der Waals surface area contributed by atoms with Crippen LogP contribution < -0.4 is 5.32 Å². The molecule has 1 unspecified atom stereocenters. The van der Waals surface area contributed by atoms with Crippen LogP contribution in [0.3, 0.4) is 0 Å². The molecule has 4 heteroatoms. The van der Waals surface area contributed by atoms with Crippen LogP contribution in [-0.2, 0) is 0 Å². The van der Waals surface area contributed by atoms with Crippen LogP contribution in [0.2, 0.25) is 0 Å². The Hall–Kier alpha value is -1.81. The van der Waals surface area contributed by atoms with E-state index in [0.717, 1.165) is 17.3 Å². The highest BCUT2D eigenvalue weighted by atomic mass is 19.1. The Balaban J connectivity index is 2.45. The fraction of sp³-hybridized carbons (Fsp3) is 0.214. The zero-order valence-corrected chi connectivity index (χ0v) is 10.2. The van der Waals surface area contributed by atoms with Gasteiger partial charge in [-0.2, -0.15) is 0 Å². The molecular formula is C14H14F2N2. The van der Waals surface area contributed by atoms with Gasteiger partial charge in [0.15, 0.2) is 0 Å². The average Bonchev–Trinajstić information content (AvgIpc) is 2.28. The largest absolute Gasteiger partial charge is 0.308 e. The van der Waals surface area contributed by atoms with Crippen molar-refractivity contribution in [2.45, 2.75) is 13.0 Å². The first-order valence-electron chi connectivity index (χ1n) is 5.66. The van der Waals surface area contributed by atoms with Crippen molar-refractivity contribution in [3.05, 3.63) is 65.0 Å². The number of aryl methyl sites for hydroxylation is 1. The summed E-state index contributed by atoms with van der Waals surface area (Å²) >= 11 is 0. The van der Waals surface area contributed by atoms with Crippen molar-refractivity contribution in [2.24, 2.45) is 0 Å². The van der Waals surface area contributed by atoms with Gasteiger partial charge < -0.3 is 5.32 Å². The molecule has 0 spiro atoms. The van der Waals surface area contributed by atoms with Crippen molar-refractivity contribution in [3.8, 4) is 0 Å². The Bertz CT molecular complexity index is 535. The van der Waals surface area contributed by atoms with Gasteiger partial charge in [0.2, 0.25) is 0 Å². The van der Waals surface area contributed by atoms with E-state index in [1.807, 2.05) is 19.1 Å². The number of halogens is 2. The normalized spacial score (nSPS) is 12.4. The topological polar surface area (TPSA) is 24.9 Å². The number of pyridine rings is 1. The lowest BCUT2D eigenvalue weighted by molar-refractivity contribution is 0.570. The molecule has 2 rings (SSSR count). The Labute approximate surface area is 105 Å². The molecule has 0 aliphatic rings. The molecule has 1 heterocycles. The van der Waals surface area contributed by atoms with Crippen LogP contribution in [0.1, 0.15) is 22.9 Å². The van der Waals surface area contributed by atoms with Crippen molar-refractivity contribution in [2.75, 3.05) is 7.05 Å². The van der Waals surface area contributed by atoms with Crippen LogP contribution in [0.25, 0.3) is 0 Å². The summed E-state index contributed by atoms with van der Waals surface area (Å²) in [5.74, 6) is -1.17. The molecule has 0 amide bonds. The summed E-state index contributed by atoms with van der Waals surface area (Å²) in [5, 5.41) is 3.02. The van der Waals surface area contributed by atoms with E-state index in [9.17, 15) is 8.78 Å². The minimum atomic E-state index is -0.585. The molecule has 2 aromatic rings. The summed E-state index contributed by atoms with van der Waals surface area (Å²) in [6.07, 6.45) is 1.69. The van der Waals surface area contributed by atoms with E-state index in [1.54, 1.807) is 13.2 Å². The Morgan fingerprint density at radius 2 is 1.78 bits per heavy atom. The third-order valence-electron chi connectivity index (χ3n) is 2.74. The number of rotatable bonds is 3. The molecule has 0 radical (unpaired) electrons. The fourth-order valence-corrected chi connectivity index (χ4v) is 1.94. The van der Waals surface area contributed by atoms with E-state index in [-0.39, 0.29) is 6.04 Å². The van der Waals surface area contributed by atoms with E-state index in [0.29, 0.717) is 5.56 Å². The smallest absolute Gasteiger partial charge is 0.126 e. The molecule has 0 aliphatic carbocycles. The van der Waals surface area contributed by atoms with E-state index < -0.39 is 11.6 Å². The monoisotopic (exact) mass is 248 g/mol. The van der Waals surface area contributed by atoms with Crippen molar-refractivity contribution >= 4 is 0 Å². The van der Waals surface area contributed by atoms with E-state index in [2.05, 4.69) is 10.3 Å². The highest BCUT2D eigenvalue weighted by Gasteiger charge is 2.15. The van der Waals surface area contributed by atoms with Gasteiger partial charge in [0.05, 0.1) is 11.7 Å². The van der Waals surface area contributed by atoms with Gasteiger partial charge in [0.1, 0.15) is 11.6 Å². The molecule has 0 bridgehead atoms. The zero-order chi connectivity index (χ0) is 13.1. The Kier molecular flexibility index (Phi) is 3.67. The molecule has 1 atom stereocenters. The molecule has 1 N–H and O–H groups in total. The maximum absolute atomic E-state index is 13.2. The third kappa shape index (κ3) is 2.71. The Morgan fingerprint density at radius 1 is 1.11 bits per heavy atom. The summed E-state index contributed by atoms with van der Waals surface area (Å²) in [6.45, 7) is 1.95. The summed E-state index contributed by atoms with van der Waals surface area (Å²) in [6, 6.07) is 6.93. The third-order valence-corrected chi connectivity index (χ3v) is 2.74. The van der Waals surface area contributed by atoms with Gasteiger partial charge in [-0.25, -0.2) is 8.78 Å². The number of benzene rings is 1. The van der Waals surface area contributed by atoms with Crippen molar-refractivity contribution in [1.82, 2.24) is 10.3 Å². The minimum Gasteiger partial charge on any atom is -0.308 e. The standard InChI is InChI=1S/C14H14F2N2/c1-9-3-4-18-13(5-9)14(17-2)10-6-11(15)8-12(16)7-10/h3-8,14,17H,1-2H3. The average molecular weight is 248 g/mol. The molecular weight excluding hydrogens is 234 g/mol. The van der Waals surface area contributed by atoms with E-state index >= 15 is 0 Å². The fourth-order valence-electron chi connectivity index (χ4n) is 1.94. The summed E-state index contributed by atoms with van der Waals surface area (Å²) in [5.41, 5.74) is 2.31. The quantitative estimate of drug-likeness (QED) is 0.903. The van der Waals surface area contributed by atoms with Crippen LogP contribution in [0.4, 0.5) is 8.78 Å². The lowest BCUT2D eigenvalue weighted by Gasteiger charge is -2.16. The van der Waals surface area contributed by atoms with Gasteiger partial charge in [-0.1, -0.05) is 0 Å². The van der Waals surface area contributed by atoms with Gasteiger partial charge in [0, 0.05) is 12.3 Å². The van der Waals surface area contributed by atoms with Gasteiger partial charge in [-0.3, -0.25) is 4.98 Å². The second kappa shape index (κ2) is 5.23. The van der Waals surface area contributed by atoms with Crippen molar-refractivity contribution in [1.29, 1.82) is 0 Å². The van der Waals surface area contributed by atoms with Crippen molar-refractivity contribution in [3.63, 3.8) is 0 Å². The Morgan fingerprint density at radius 3 is 2.33 bits per heavy atom. The maximum Gasteiger partial charge on any atom is 0.126 e. The molecule has 1 aromatic carbocycles. The molecule has 2 nitrogen and oxygen atoms in total.